The third-order valence-corrected chi connectivity index (χ3v) is 5.60. The Hall–Kier alpha value is -3.04. The van der Waals surface area contributed by atoms with E-state index in [-0.39, 0.29) is 5.91 Å². The van der Waals surface area contributed by atoms with Crippen molar-refractivity contribution in [3.05, 3.63) is 59.4 Å². The summed E-state index contributed by atoms with van der Waals surface area (Å²) in [7, 11) is 0. The van der Waals surface area contributed by atoms with Gasteiger partial charge < -0.3 is 9.64 Å². The van der Waals surface area contributed by atoms with Crippen LogP contribution in [0.15, 0.2) is 48.1 Å². The van der Waals surface area contributed by atoms with Crippen molar-refractivity contribution in [3.63, 3.8) is 0 Å². The third kappa shape index (κ3) is 5.11. The molecule has 3 aromatic heterocycles. The second-order valence-corrected chi connectivity index (χ2v) is 7.72. The standard InChI is InChI=1S/C21H24N6O2S/c1-2-29-19-13-16(6-8-23-19)20(28)25-21-24-17(15-30-21)14-26-9-11-27(12-10-26)18-5-3-4-7-22-18/h3-8,13,15H,2,9-12,14H2,1H3,(H,24,25,28). The largest absolute Gasteiger partial charge is 0.478 e. The SMILES string of the molecule is CCOc1cc(C(=O)Nc2nc(CN3CCN(c4ccccn4)CC3)cs2)ccn1. The Kier molecular flexibility index (Phi) is 6.50. The van der Waals surface area contributed by atoms with Crippen molar-refractivity contribution in [2.45, 2.75) is 13.5 Å². The number of nitrogens with one attached hydrogen (secondary N) is 1. The number of nitrogens with zero attached hydrogens (tertiary/aromatic N) is 5. The molecule has 156 valence electrons. The number of hydrogen-bond acceptors (Lipinski definition) is 8. The topological polar surface area (TPSA) is 83.5 Å². The van der Waals surface area contributed by atoms with E-state index >= 15 is 0 Å². The number of thiazole rings is 1. The average molecular weight is 425 g/mol. The summed E-state index contributed by atoms with van der Waals surface area (Å²) in [4.78, 5) is 30.3. The summed E-state index contributed by atoms with van der Waals surface area (Å²) in [5.41, 5.74) is 1.46. The van der Waals surface area contributed by atoms with Gasteiger partial charge in [0.1, 0.15) is 5.82 Å². The van der Waals surface area contributed by atoms with Crippen molar-refractivity contribution >= 4 is 28.2 Å². The summed E-state index contributed by atoms with van der Waals surface area (Å²) in [5.74, 6) is 1.25. The highest BCUT2D eigenvalue weighted by Crippen LogP contribution is 2.20. The summed E-state index contributed by atoms with van der Waals surface area (Å²) < 4.78 is 5.35. The third-order valence-electron chi connectivity index (χ3n) is 4.79. The van der Waals surface area contributed by atoms with E-state index in [1.807, 2.05) is 36.7 Å². The first-order valence-corrected chi connectivity index (χ1v) is 10.8. The molecular formula is C21H24N6O2S. The van der Waals surface area contributed by atoms with E-state index in [9.17, 15) is 4.79 Å². The lowest BCUT2D eigenvalue weighted by Crippen LogP contribution is -2.46. The van der Waals surface area contributed by atoms with E-state index in [4.69, 9.17) is 4.74 Å². The van der Waals surface area contributed by atoms with Gasteiger partial charge in [-0.05, 0) is 25.1 Å². The van der Waals surface area contributed by atoms with Crippen LogP contribution in [0.3, 0.4) is 0 Å². The van der Waals surface area contributed by atoms with Gasteiger partial charge in [0.2, 0.25) is 5.88 Å². The molecule has 1 saturated heterocycles. The molecule has 0 spiro atoms. The van der Waals surface area contributed by atoms with Gasteiger partial charge in [0, 0.05) is 62.1 Å². The smallest absolute Gasteiger partial charge is 0.257 e. The van der Waals surface area contributed by atoms with Crippen molar-refractivity contribution in [2.75, 3.05) is 43.0 Å². The fourth-order valence-corrected chi connectivity index (χ4v) is 3.99. The Morgan fingerprint density at radius 2 is 2.03 bits per heavy atom. The van der Waals surface area contributed by atoms with Crippen LogP contribution in [-0.4, -0.2) is 58.5 Å². The molecule has 1 aliphatic heterocycles. The Bertz CT molecular complexity index is 972. The van der Waals surface area contributed by atoms with Crippen molar-refractivity contribution < 1.29 is 9.53 Å². The predicted molar refractivity (Wildman–Crippen MR) is 117 cm³/mol. The second kappa shape index (κ2) is 9.64. The number of hydrogen-bond donors (Lipinski definition) is 1. The van der Waals surface area contributed by atoms with Crippen LogP contribution in [0.4, 0.5) is 10.9 Å². The molecule has 3 aromatic rings. The second-order valence-electron chi connectivity index (χ2n) is 6.87. The molecule has 0 saturated carbocycles. The van der Waals surface area contributed by atoms with Crippen LogP contribution in [0, 0.1) is 0 Å². The maximum absolute atomic E-state index is 12.5. The highest BCUT2D eigenvalue weighted by molar-refractivity contribution is 7.13. The minimum Gasteiger partial charge on any atom is -0.478 e. The van der Waals surface area contributed by atoms with Crippen molar-refractivity contribution in [3.8, 4) is 5.88 Å². The lowest BCUT2D eigenvalue weighted by atomic mass is 10.2. The predicted octanol–water partition coefficient (Wildman–Crippen LogP) is 2.91. The van der Waals surface area contributed by atoms with Crippen LogP contribution in [-0.2, 0) is 6.54 Å². The minimum absolute atomic E-state index is 0.219. The highest BCUT2D eigenvalue weighted by Gasteiger charge is 2.19. The first-order valence-electron chi connectivity index (χ1n) is 9.94. The van der Waals surface area contributed by atoms with Crippen LogP contribution >= 0.6 is 11.3 Å². The monoisotopic (exact) mass is 424 g/mol. The minimum atomic E-state index is -0.219. The Balaban J connectivity index is 1.29. The zero-order valence-electron chi connectivity index (χ0n) is 16.8. The Morgan fingerprint density at radius 1 is 1.17 bits per heavy atom. The first-order chi connectivity index (χ1) is 14.7. The molecule has 4 rings (SSSR count). The van der Waals surface area contributed by atoms with Crippen molar-refractivity contribution in [2.24, 2.45) is 0 Å². The van der Waals surface area contributed by atoms with E-state index in [2.05, 4.69) is 30.1 Å². The Morgan fingerprint density at radius 3 is 2.80 bits per heavy atom. The molecule has 8 nitrogen and oxygen atoms in total. The van der Waals surface area contributed by atoms with Gasteiger partial charge in [-0.2, -0.15) is 0 Å². The molecule has 1 fully saturated rings. The summed E-state index contributed by atoms with van der Waals surface area (Å²) in [6, 6.07) is 9.29. The maximum Gasteiger partial charge on any atom is 0.257 e. The summed E-state index contributed by atoms with van der Waals surface area (Å²) in [5, 5.41) is 5.46. The number of ether oxygens (including phenoxy) is 1. The molecule has 30 heavy (non-hydrogen) atoms. The normalized spacial score (nSPS) is 14.5. The van der Waals surface area contributed by atoms with E-state index in [0.29, 0.717) is 23.2 Å². The molecule has 0 unspecified atom stereocenters. The average Bonchev–Trinajstić information content (AvgIpc) is 3.22. The number of piperazine rings is 1. The maximum atomic E-state index is 12.5. The molecule has 1 aliphatic rings. The number of carbonyl (C=O) groups excluding carboxylic acids is 1. The van der Waals surface area contributed by atoms with Crippen molar-refractivity contribution in [1.29, 1.82) is 0 Å². The molecule has 0 aromatic carbocycles. The number of carbonyl (C=O) groups is 1. The molecule has 0 aliphatic carbocycles. The summed E-state index contributed by atoms with van der Waals surface area (Å²) in [6.07, 6.45) is 3.40. The molecular weight excluding hydrogens is 400 g/mol. The van der Waals surface area contributed by atoms with Crippen molar-refractivity contribution in [1.82, 2.24) is 19.9 Å². The van der Waals surface area contributed by atoms with Crippen LogP contribution in [0.5, 0.6) is 5.88 Å². The lowest BCUT2D eigenvalue weighted by Gasteiger charge is -2.35. The van der Waals surface area contributed by atoms with Gasteiger partial charge in [-0.25, -0.2) is 15.0 Å². The van der Waals surface area contributed by atoms with Gasteiger partial charge in [-0.15, -0.1) is 11.3 Å². The number of pyridine rings is 2. The quantitative estimate of drug-likeness (QED) is 0.624. The number of anilines is 2. The van der Waals surface area contributed by atoms with Gasteiger partial charge in [-0.1, -0.05) is 6.07 Å². The summed E-state index contributed by atoms with van der Waals surface area (Å²) >= 11 is 1.44. The highest BCUT2D eigenvalue weighted by atomic mass is 32.1. The molecule has 1 amide bonds. The van der Waals surface area contributed by atoms with Gasteiger partial charge in [-0.3, -0.25) is 15.0 Å². The zero-order valence-corrected chi connectivity index (χ0v) is 17.6. The van der Waals surface area contributed by atoms with Gasteiger partial charge in [0.05, 0.1) is 12.3 Å². The van der Waals surface area contributed by atoms with Crippen LogP contribution < -0.4 is 15.0 Å². The lowest BCUT2D eigenvalue weighted by molar-refractivity contribution is 0.102. The Labute approximate surface area is 179 Å². The molecule has 9 heteroatoms. The summed E-state index contributed by atoms with van der Waals surface area (Å²) in [6.45, 7) is 6.93. The zero-order chi connectivity index (χ0) is 20.8. The van der Waals surface area contributed by atoms with E-state index in [1.54, 1.807) is 18.3 Å². The molecule has 1 N–H and O–H groups in total. The van der Waals surface area contributed by atoms with E-state index in [1.165, 1.54) is 11.3 Å². The van der Waals surface area contributed by atoms with Crippen LogP contribution in [0.25, 0.3) is 0 Å². The molecule has 0 radical (unpaired) electrons. The molecule has 4 heterocycles. The first kappa shape index (κ1) is 20.2. The van der Waals surface area contributed by atoms with Gasteiger partial charge in [0.25, 0.3) is 5.91 Å². The molecule has 0 atom stereocenters. The van der Waals surface area contributed by atoms with E-state index < -0.39 is 0 Å². The van der Waals surface area contributed by atoms with E-state index in [0.717, 1.165) is 44.2 Å². The fourth-order valence-electron chi connectivity index (χ4n) is 3.29. The van der Waals surface area contributed by atoms with Crippen LogP contribution in [0.1, 0.15) is 23.0 Å². The van der Waals surface area contributed by atoms with Crippen LogP contribution in [0.2, 0.25) is 0 Å². The number of aromatic nitrogens is 3. The van der Waals surface area contributed by atoms with Gasteiger partial charge in [0.15, 0.2) is 5.13 Å². The van der Waals surface area contributed by atoms with Gasteiger partial charge >= 0.3 is 0 Å². The molecule has 0 bridgehead atoms. The number of rotatable bonds is 7. The fraction of sp³-hybridized carbons (Fsp3) is 0.333. The number of amides is 1.